The number of hydrogen-bond acceptors (Lipinski definition) is 5. The minimum atomic E-state index is -0.103. The molecule has 0 fully saturated rings. The van der Waals surface area contributed by atoms with Gasteiger partial charge >= 0.3 is 0 Å². The Morgan fingerprint density at radius 1 is 0.925 bits per heavy atom. The van der Waals surface area contributed by atoms with Crippen molar-refractivity contribution >= 4 is 22.7 Å². The molecule has 1 aliphatic rings. The van der Waals surface area contributed by atoms with Crippen LogP contribution in [-0.4, -0.2) is 25.2 Å². The number of nitrogens with zero attached hydrogens (tertiary/aromatic N) is 1. The minimum Gasteiger partial charge on any atom is -0.397 e. The summed E-state index contributed by atoms with van der Waals surface area (Å²) >= 11 is 0. The van der Waals surface area contributed by atoms with E-state index in [1.165, 1.54) is 0 Å². The Labute approximate surface area is 239 Å². The summed E-state index contributed by atoms with van der Waals surface area (Å²) in [5, 5.41) is 11.1. The number of nitrogens with one attached hydrogen (secondary N) is 3. The van der Waals surface area contributed by atoms with E-state index in [1.54, 1.807) is 12.2 Å². The molecule has 0 aliphatic heterocycles. The maximum absolute atomic E-state index is 6.23. The molecule has 5 heteroatoms. The van der Waals surface area contributed by atoms with Gasteiger partial charge in [-0.1, -0.05) is 86.9 Å². The fourth-order valence-corrected chi connectivity index (χ4v) is 5.15. The fraction of sp³-hybridized carbons (Fsp3) is 0.200. The van der Waals surface area contributed by atoms with Crippen molar-refractivity contribution in [1.82, 2.24) is 5.32 Å². The normalized spacial score (nSPS) is 16.6. The Morgan fingerprint density at radius 3 is 2.35 bits per heavy atom. The number of rotatable bonds is 13. The Bertz CT molecular complexity index is 1420. The zero-order chi connectivity index (χ0) is 28.4. The van der Waals surface area contributed by atoms with E-state index < -0.39 is 0 Å². The highest BCUT2D eigenvalue weighted by Crippen LogP contribution is 2.35. The predicted molar refractivity (Wildman–Crippen MR) is 174 cm³/mol. The molecule has 0 bridgehead atoms. The van der Waals surface area contributed by atoms with Crippen molar-refractivity contribution in [2.45, 2.75) is 25.8 Å². The number of likely N-dealkylation sites (N-methyl/N-ethyl adjacent to an activating group) is 2. The van der Waals surface area contributed by atoms with Gasteiger partial charge in [-0.25, -0.2) is 0 Å². The first-order valence-electron chi connectivity index (χ1n) is 13.9. The Hall–Kier alpha value is -4.48. The van der Waals surface area contributed by atoms with Gasteiger partial charge in [0.2, 0.25) is 0 Å². The van der Waals surface area contributed by atoms with E-state index in [0.29, 0.717) is 5.70 Å². The maximum atomic E-state index is 6.23. The molecule has 0 saturated carbocycles. The van der Waals surface area contributed by atoms with E-state index in [9.17, 15) is 0 Å². The lowest BCUT2D eigenvalue weighted by atomic mass is 9.91. The first kappa shape index (κ1) is 28.5. The van der Waals surface area contributed by atoms with E-state index in [2.05, 4.69) is 145 Å². The van der Waals surface area contributed by atoms with Crippen LogP contribution in [0.1, 0.15) is 20.3 Å². The summed E-state index contributed by atoms with van der Waals surface area (Å²) in [4.78, 5) is 2.15. The van der Waals surface area contributed by atoms with Gasteiger partial charge in [-0.3, -0.25) is 0 Å². The largest absolute Gasteiger partial charge is 0.397 e. The molecule has 0 radical (unpaired) electrons. The molecule has 0 heterocycles. The summed E-state index contributed by atoms with van der Waals surface area (Å²) in [7, 11) is 0. The van der Waals surface area contributed by atoms with Crippen LogP contribution in [0, 0.1) is 0 Å². The second-order valence-corrected chi connectivity index (χ2v) is 9.79. The lowest BCUT2D eigenvalue weighted by molar-refractivity contribution is 0.433. The molecule has 1 unspecified atom stereocenters. The summed E-state index contributed by atoms with van der Waals surface area (Å²) in [5.74, 6) is 0. The highest BCUT2D eigenvalue weighted by Gasteiger charge is 2.26. The van der Waals surface area contributed by atoms with E-state index in [1.807, 2.05) is 0 Å². The molecule has 0 amide bonds. The van der Waals surface area contributed by atoms with Crippen molar-refractivity contribution in [1.29, 1.82) is 0 Å². The van der Waals surface area contributed by atoms with Crippen molar-refractivity contribution < 1.29 is 0 Å². The van der Waals surface area contributed by atoms with Crippen LogP contribution >= 0.6 is 0 Å². The van der Waals surface area contributed by atoms with E-state index in [-0.39, 0.29) is 5.54 Å². The smallest absolute Gasteiger partial charge is 0.0638 e. The van der Waals surface area contributed by atoms with Gasteiger partial charge in [-0.2, -0.15) is 0 Å². The molecule has 3 aromatic rings. The van der Waals surface area contributed by atoms with E-state index in [0.717, 1.165) is 65.6 Å². The summed E-state index contributed by atoms with van der Waals surface area (Å²) in [6.07, 6.45) is 13.1. The summed E-state index contributed by atoms with van der Waals surface area (Å²) in [6, 6.07) is 25.3. The van der Waals surface area contributed by atoms with Crippen LogP contribution in [0.15, 0.2) is 134 Å². The molecule has 1 aliphatic carbocycles. The SMILES string of the molecule is C=C/C(N)=C(\C=C)N(CC)c1cccc(-c2ccccc2Nc2ccccc2NCC2(NCC)C=CC=CC2)c1. The van der Waals surface area contributed by atoms with Crippen LogP contribution in [0.5, 0.6) is 0 Å². The Kier molecular flexibility index (Phi) is 9.66. The zero-order valence-electron chi connectivity index (χ0n) is 23.7. The van der Waals surface area contributed by atoms with Crippen molar-refractivity contribution in [3.8, 4) is 11.1 Å². The molecular formula is C35H41N5. The van der Waals surface area contributed by atoms with Gasteiger partial charge in [0, 0.05) is 30.0 Å². The summed E-state index contributed by atoms with van der Waals surface area (Å²) in [5.41, 5.74) is 14.0. The number of allylic oxidation sites excluding steroid dienone is 4. The molecule has 3 aromatic carbocycles. The minimum absolute atomic E-state index is 0.103. The van der Waals surface area contributed by atoms with Gasteiger partial charge < -0.3 is 26.6 Å². The van der Waals surface area contributed by atoms with Crippen LogP contribution in [0.2, 0.25) is 0 Å². The van der Waals surface area contributed by atoms with Crippen LogP contribution in [-0.2, 0) is 0 Å². The summed E-state index contributed by atoms with van der Waals surface area (Å²) in [6.45, 7) is 14.5. The Balaban J connectivity index is 1.63. The molecule has 4 rings (SSSR count). The standard InChI is InChI=1S/C35H41N5/c1-5-30(36)34(6-2)40(8-4)28-18-16-17-27(25-28)29-19-10-11-20-31(29)39-33-22-13-12-21-32(33)37-26-35(38-7-3)23-14-9-15-24-35/h5-6,9-23,25,37-39H,1-2,7-8,24,26,36H2,3-4H3/b34-30-. The molecule has 5 N–H and O–H groups in total. The van der Waals surface area contributed by atoms with Crippen molar-refractivity contribution in [3.05, 3.63) is 134 Å². The molecule has 0 spiro atoms. The fourth-order valence-electron chi connectivity index (χ4n) is 5.15. The third kappa shape index (κ3) is 6.56. The maximum Gasteiger partial charge on any atom is 0.0638 e. The second-order valence-electron chi connectivity index (χ2n) is 9.79. The highest BCUT2D eigenvalue weighted by atomic mass is 15.1. The van der Waals surface area contributed by atoms with Crippen LogP contribution in [0.3, 0.4) is 0 Å². The second kappa shape index (κ2) is 13.5. The molecular weight excluding hydrogens is 490 g/mol. The van der Waals surface area contributed by atoms with Gasteiger partial charge in [0.15, 0.2) is 0 Å². The van der Waals surface area contributed by atoms with E-state index >= 15 is 0 Å². The number of nitrogens with two attached hydrogens (primary N) is 1. The monoisotopic (exact) mass is 531 g/mol. The number of para-hydroxylation sites is 3. The van der Waals surface area contributed by atoms with Gasteiger partial charge in [0.25, 0.3) is 0 Å². The van der Waals surface area contributed by atoms with Crippen LogP contribution < -0.4 is 26.6 Å². The van der Waals surface area contributed by atoms with Crippen molar-refractivity contribution in [2.75, 3.05) is 35.2 Å². The highest BCUT2D eigenvalue weighted by molar-refractivity contribution is 5.85. The molecule has 5 nitrogen and oxygen atoms in total. The zero-order valence-corrected chi connectivity index (χ0v) is 23.7. The van der Waals surface area contributed by atoms with Crippen molar-refractivity contribution in [3.63, 3.8) is 0 Å². The quantitative estimate of drug-likeness (QED) is 0.170. The number of anilines is 4. The average molecular weight is 532 g/mol. The van der Waals surface area contributed by atoms with E-state index in [4.69, 9.17) is 5.73 Å². The lowest BCUT2D eigenvalue weighted by Crippen LogP contribution is -2.49. The lowest BCUT2D eigenvalue weighted by Gasteiger charge is -2.33. The molecule has 1 atom stereocenters. The predicted octanol–water partition coefficient (Wildman–Crippen LogP) is 7.74. The third-order valence-corrected chi connectivity index (χ3v) is 7.18. The summed E-state index contributed by atoms with van der Waals surface area (Å²) < 4.78 is 0. The molecule has 206 valence electrons. The van der Waals surface area contributed by atoms with Crippen LogP contribution in [0.4, 0.5) is 22.7 Å². The third-order valence-electron chi connectivity index (χ3n) is 7.18. The van der Waals surface area contributed by atoms with Gasteiger partial charge in [0.1, 0.15) is 0 Å². The average Bonchev–Trinajstić information content (AvgIpc) is 3.00. The first-order chi connectivity index (χ1) is 19.5. The van der Waals surface area contributed by atoms with Crippen LogP contribution in [0.25, 0.3) is 11.1 Å². The van der Waals surface area contributed by atoms with Gasteiger partial charge in [-0.05, 0) is 67.9 Å². The number of benzene rings is 3. The van der Waals surface area contributed by atoms with Crippen molar-refractivity contribution in [2.24, 2.45) is 5.73 Å². The number of hydrogen-bond donors (Lipinski definition) is 4. The van der Waals surface area contributed by atoms with Gasteiger partial charge in [0.05, 0.1) is 28.3 Å². The molecule has 40 heavy (non-hydrogen) atoms. The Morgan fingerprint density at radius 2 is 1.68 bits per heavy atom. The molecule has 0 saturated heterocycles. The molecule has 0 aromatic heterocycles. The topological polar surface area (TPSA) is 65.3 Å². The first-order valence-corrected chi connectivity index (χ1v) is 13.9. The van der Waals surface area contributed by atoms with Gasteiger partial charge in [-0.15, -0.1) is 0 Å².